The highest BCUT2D eigenvalue weighted by atomic mass is 79.9. The van der Waals surface area contributed by atoms with Crippen molar-refractivity contribution in [2.75, 3.05) is 0 Å². The summed E-state index contributed by atoms with van der Waals surface area (Å²) in [5.74, 6) is 0. The maximum Gasteiger partial charge on any atom is 0.0449 e. The Bertz CT molecular complexity index is 526. The topological polar surface area (TPSA) is 0 Å². The molecule has 0 fully saturated rings. The van der Waals surface area contributed by atoms with E-state index < -0.39 is 0 Å². The molecule has 2 aromatic carbocycles. The third-order valence-electron chi connectivity index (χ3n) is 3.08. The lowest BCUT2D eigenvalue weighted by molar-refractivity contribution is 0.729. The van der Waals surface area contributed by atoms with Crippen molar-refractivity contribution in [3.05, 3.63) is 69.2 Å². The second-order valence-electron chi connectivity index (χ2n) is 4.51. The van der Waals surface area contributed by atoms with E-state index in [9.17, 15) is 0 Å². The van der Waals surface area contributed by atoms with Gasteiger partial charge in [-0.05, 0) is 42.5 Å². The van der Waals surface area contributed by atoms with Crippen molar-refractivity contribution in [1.82, 2.24) is 0 Å². The smallest absolute Gasteiger partial charge is 0.0449 e. The number of hydrogen-bond donors (Lipinski definition) is 0. The standard InChI is InChI=1S/C16H15Br2Cl/c17-14-10-9-13(16(19)11-14)7-4-8-15(18)12-5-2-1-3-6-12/h1-3,5-6,9-11,15H,4,7-8H2. The van der Waals surface area contributed by atoms with Crippen LogP contribution in [0, 0.1) is 0 Å². The quantitative estimate of drug-likeness (QED) is 0.497. The zero-order chi connectivity index (χ0) is 13.7. The molecule has 0 bridgehead atoms. The molecule has 3 heteroatoms. The highest BCUT2D eigenvalue weighted by Crippen LogP contribution is 2.29. The molecule has 1 unspecified atom stereocenters. The molecule has 100 valence electrons. The van der Waals surface area contributed by atoms with Gasteiger partial charge in [-0.25, -0.2) is 0 Å². The molecule has 0 saturated carbocycles. The van der Waals surface area contributed by atoms with Gasteiger partial charge in [-0.15, -0.1) is 0 Å². The molecule has 0 N–H and O–H groups in total. The average molecular weight is 403 g/mol. The molecule has 0 aliphatic rings. The molecule has 0 nitrogen and oxygen atoms in total. The minimum absolute atomic E-state index is 0.419. The van der Waals surface area contributed by atoms with E-state index in [4.69, 9.17) is 11.6 Å². The van der Waals surface area contributed by atoms with Crippen LogP contribution in [0.25, 0.3) is 0 Å². The fourth-order valence-corrected chi connectivity index (χ4v) is 3.42. The van der Waals surface area contributed by atoms with Gasteiger partial charge in [-0.1, -0.05) is 79.9 Å². The Hall–Kier alpha value is -0.310. The van der Waals surface area contributed by atoms with E-state index in [2.05, 4.69) is 62.2 Å². The Morgan fingerprint density at radius 1 is 1.05 bits per heavy atom. The zero-order valence-corrected chi connectivity index (χ0v) is 14.4. The number of halogens is 3. The first kappa shape index (κ1) is 15.1. The monoisotopic (exact) mass is 400 g/mol. The largest absolute Gasteiger partial charge is 0.0840 e. The van der Waals surface area contributed by atoms with Gasteiger partial charge in [0.25, 0.3) is 0 Å². The van der Waals surface area contributed by atoms with Crippen LogP contribution in [0.15, 0.2) is 53.0 Å². The predicted octanol–water partition coefficient (Wildman–Crippen LogP) is 6.56. The maximum absolute atomic E-state index is 6.22. The van der Waals surface area contributed by atoms with Gasteiger partial charge >= 0.3 is 0 Å². The van der Waals surface area contributed by atoms with E-state index in [-0.39, 0.29) is 0 Å². The summed E-state index contributed by atoms with van der Waals surface area (Å²) in [4.78, 5) is 0.419. The summed E-state index contributed by atoms with van der Waals surface area (Å²) in [6, 6.07) is 16.6. The molecule has 0 aromatic heterocycles. The van der Waals surface area contributed by atoms with E-state index in [1.165, 1.54) is 11.1 Å². The Kier molecular flexibility index (Phi) is 5.93. The first-order valence-corrected chi connectivity index (χ1v) is 8.38. The van der Waals surface area contributed by atoms with Crippen LogP contribution in [0.4, 0.5) is 0 Å². The second-order valence-corrected chi connectivity index (χ2v) is 6.93. The lowest BCUT2D eigenvalue weighted by Gasteiger charge is -2.10. The fourth-order valence-electron chi connectivity index (χ4n) is 2.02. The van der Waals surface area contributed by atoms with E-state index in [1.807, 2.05) is 18.2 Å². The van der Waals surface area contributed by atoms with Crippen molar-refractivity contribution in [1.29, 1.82) is 0 Å². The first-order valence-electron chi connectivity index (χ1n) is 6.30. The number of benzene rings is 2. The first-order chi connectivity index (χ1) is 9.16. The molecular formula is C16H15Br2Cl. The third-order valence-corrected chi connectivity index (χ3v) is 4.91. The minimum Gasteiger partial charge on any atom is -0.0840 e. The van der Waals surface area contributed by atoms with Gasteiger partial charge in [-0.2, -0.15) is 0 Å². The van der Waals surface area contributed by atoms with Gasteiger partial charge in [0.15, 0.2) is 0 Å². The van der Waals surface area contributed by atoms with Crippen LogP contribution < -0.4 is 0 Å². The number of aryl methyl sites for hydroxylation is 1. The maximum atomic E-state index is 6.22. The highest BCUT2D eigenvalue weighted by Gasteiger charge is 2.07. The summed E-state index contributed by atoms with van der Waals surface area (Å²) in [6.45, 7) is 0. The van der Waals surface area contributed by atoms with E-state index >= 15 is 0 Å². The predicted molar refractivity (Wildman–Crippen MR) is 90.2 cm³/mol. The van der Waals surface area contributed by atoms with E-state index in [0.717, 1.165) is 28.8 Å². The number of alkyl halides is 1. The normalized spacial score (nSPS) is 12.4. The van der Waals surface area contributed by atoms with Gasteiger partial charge in [0.1, 0.15) is 0 Å². The molecule has 2 aromatic rings. The lowest BCUT2D eigenvalue weighted by Crippen LogP contribution is -1.93. The third kappa shape index (κ3) is 4.62. The van der Waals surface area contributed by atoms with E-state index in [1.54, 1.807) is 0 Å². The van der Waals surface area contributed by atoms with Crippen molar-refractivity contribution in [3.63, 3.8) is 0 Å². The van der Waals surface area contributed by atoms with Crippen LogP contribution in [0.1, 0.15) is 28.8 Å². The Labute approximate surface area is 136 Å². The Balaban J connectivity index is 1.86. The van der Waals surface area contributed by atoms with E-state index in [0.29, 0.717) is 4.83 Å². The van der Waals surface area contributed by atoms with Gasteiger partial charge in [0, 0.05) is 14.3 Å². The molecule has 0 aliphatic carbocycles. The molecule has 1 atom stereocenters. The number of hydrogen-bond acceptors (Lipinski definition) is 0. The summed E-state index contributed by atoms with van der Waals surface area (Å²) < 4.78 is 1.03. The highest BCUT2D eigenvalue weighted by molar-refractivity contribution is 9.10. The molecule has 19 heavy (non-hydrogen) atoms. The molecule has 0 amide bonds. The molecule has 2 rings (SSSR count). The van der Waals surface area contributed by atoms with Crippen LogP contribution in [0.3, 0.4) is 0 Å². The van der Waals surface area contributed by atoms with Gasteiger partial charge in [0.2, 0.25) is 0 Å². The van der Waals surface area contributed by atoms with Gasteiger partial charge in [0.05, 0.1) is 0 Å². The fraction of sp³-hybridized carbons (Fsp3) is 0.250. The molecule has 0 heterocycles. The van der Waals surface area contributed by atoms with Crippen LogP contribution in [-0.2, 0) is 6.42 Å². The van der Waals surface area contributed by atoms with Crippen molar-refractivity contribution in [2.24, 2.45) is 0 Å². The minimum atomic E-state index is 0.419. The van der Waals surface area contributed by atoms with Crippen LogP contribution in [0.2, 0.25) is 5.02 Å². The van der Waals surface area contributed by atoms with Crippen LogP contribution >= 0.6 is 43.5 Å². The molecule has 0 saturated heterocycles. The van der Waals surface area contributed by atoms with Crippen molar-refractivity contribution >= 4 is 43.5 Å². The molecule has 0 spiro atoms. The number of rotatable bonds is 5. The van der Waals surface area contributed by atoms with Crippen molar-refractivity contribution in [2.45, 2.75) is 24.1 Å². The van der Waals surface area contributed by atoms with Gasteiger partial charge < -0.3 is 0 Å². The Morgan fingerprint density at radius 3 is 2.47 bits per heavy atom. The van der Waals surface area contributed by atoms with Crippen molar-refractivity contribution < 1.29 is 0 Å². The molecular weight excluding hydrogens is 387 g/mol. The van der Waals surface area contributed by atoms with Crippen LogP contribution in [0.5, 0.6) is 0 Å². The second kappa shape index (κ2) is 7.47. The summed E-state index contributed by atoms with van der Waals surface area (Å²) in [7, 11) is 0. The Morgan fingerprint density at radius 2 is 1.79 bits per heavy atom. The summed E-state index contributed by atoms with van der Waals surface area (Å²) in [6.07, 6.45) is 3.24. The summed E-state index contributed by atoms with van der Waals surface area (Å²) >= 11 is 13.4. The average Bonchev–Trinajstić information content (AvgIpc) is 2.42. The molecule has 0 radical (unpaired) electrons. The molecule has 0 aliphatic heterocycles. The zero-order valence-electron chi connectivity index (χ0n) is 10.5. The SMILES string of the molecule is Clc1cc(Br)ccc1CCCC(Br)c1ccccc1. The lowest BCUT2D eigenvalue weighted by atomic mass is 10.0. The van der Waals surface area contributed by atoms with Crippen molar-refractivity contribution in [3.8, 4) is 0 Å². The summed E-state index contributed by atoms with van der Waals surface area (Å²) in [5.41, 5.74) is 2.56. The van der Waals surface area contributed by atoms with Crippen LogP contribution in [-0.4, -0.2) is 0 Å². The summed E-state index contributed by atoms with van der Waals surface area (Å²) in [5, 5.41) is 0.847. The van der Waals surface area contributed by atoms with Gasteiger partial charge in [-0.3, -0.25) is 0 Å².